The number of carbonyl (C=O) groups is 1. The maximum atomic E-state index is 11.9. The Balaban J connectivity index is 2.62. The Labute approximate surface area is 113 Å². The lowest BCUT2D eigenvalue weighted by Crippen LogP contribution is -2.25. The van der Waals surface area contributed by atoms with E-state index in [1.165, 1.54) is 12.1 Å². The largest absolute Gasteiger partial charge is 0.352 e. The number of hydrogen-bond acceptors (Lipinski definition) is 3. The molecule has 1 rings (SSSR count). The zero-order valence-electron chi connectivity index (χ0n) is 11.4. The molecule has 0 aromatic heterocycles. The molecule has 0 saturated heterocycles. The SMILES string of the molecule is CCCCCCNC(=O)c1cccc([N+](=O)[O-])c1C. The molecule has 0 unspecified atom stereocenters. The standard InChI is InChI=1S/C14H20N2O3/c1-3-4-5-6-10-15-14(17)12-8-7-9-13(11(12)2)16(18)19/h7-9H,3-6,10H2,1-2H3,(H,15,17). The van der Waals surface area contributed by atoms with Gasteiger partial charge in [0.15, 0.2) is 0 Å². The van der Waals surface area contributed by atoms with Crippen LogP contribution in [0.4, 0.5) is 5.69 Å². The highest BCUT2D eigenvalue weighted by atomic mass is 16.6. The van der Waals surface area contributed by atoms with Crippen molar-refractivity contribution in [3.8, 4) is 0 Å². The predicted octanol–water partition coefficient (Wildman–Crippen LogP) is 3.21. The second-order valence-corrected chi connectivity index (χ2v) is 4.52. The van der Waals surface area contributed by atoms with Gasteiger partial charge in [0.05, 0.1) is 4.92 Å². The Bertz CT molecular complexity index is 458. The summed E-state index contributed by atoms with van der Waals surface area (Å²) in [4.78, 5) is 22.3. The highest BCUT2D eigenvalue weighted by Gasteiger charge is 2.17. The third-order valence-electron chi connectivity index (χ3n) is 3.06. The number of nitro groups is 1. The first-order chi connectivity index (χ1) is 9.07. The summed E-state index contributed by atoms with van der Waals surface area (Å²) in [6, 6.07) is 4.56. The van der Waals surface area contributed by atoms with Crippen LogP contribution >= 0.6 is 0 Å². The monoisotopic (exact) mass is 264 g/mol. The molecule has 0 spiro atoms. The lowest BCUT2D eigenvalue weighted by atomic mass is 10.1. The Morgan fingerprint density at radius 2 is 2.05 bits per heavy atom. The van der Waals surface area contributed by atoms with Crippen LogP contribution in [0.3, 0.4) is 0 Å². The van der Waals surface area contributed by atoms with Crippen LogP contribution in [0.5, 0.6) is 0 Å². The molecule has 0 aliphatic carbocycles. The van der Waals surface area contributed by atoms with E-state index in [9.17, 15) is 14.9 Å². The second kappa shape index (κ2) is 7.51. The van der Waals surface area contributed by atoms with Gasteiger partial charge in [0.25, 0.3) is 11.6 Å². The number of rotatable bonds is 7. The molecule has 0 fully saturated rings. The number of nitrogens with one attached hydrogen (secondary N) is 1. The summed E-state index contributed by atoms with van der Waals surface area (Å²) < 4.78 is 0. The molecule has 19 heavy (non-hydrogen) atoms. The zero-order chi connectivity index (χ0) is 14.3. The maximum Gasteiger partial charge on any atom is 0.273 e. The summed E-state index contributed by atoms with van der Waals surface area (Å²) in [6.45, 7) is 4.34. The van der Waals surface area contributed by atoms with Crippen LogP contribution < -0.4 is 5.32 Å². The molecule has 0 aliphatic rings. The summed E-state index contributed by atoms with van der Waals surface area (Å²) in [5, 5.41) is 13.6. The number of nitro benzene ring substituents is 1. The Kier molecular flexibility index (Phi) is 5.99. The minimum Gasteiger partial charge on any atom is -0.352 e. The first kappa shape index (κ1) is 15.1. The number of benzene rings is 1. The molecule has 0 heterocycles. The molecule has 5 heteroatoms. The molecule has 0 aliphatic heterocycles. The lowest BCUT2D eigenvalue weighted by Gasteiger charge is -2.07. The van der Waals surface area contributed by atoms with Gasteiger partial charge in [-0.2, -0.15) is 0 Å². The molecule has 1 aromatic rings. The number of unbranched alkanes of at least 4 members (excludes halogenated alkanes) is 3. The summed E-state index contributed by atoms with van der Waals surface area (Å²) in [5.41, 5.74) is 0.780. The van der Waals surface area contributed by atoms with Gasteiger partial charge in [-0.15, -0.1) is 0 Å². The minimum atomic E-state index is -0.465. The van der Waals surface area contributed by atoms with Crippen LogP contribution in [0.15, 0.2) is 18.2 Å². The summed E-state index contributed by atoms with van der Waals surface area (Å²) in [5.74, 6) is -0.238. The van der Waals surface area contributed by atoms with Gasteiger partial charge >= 0.3 is 0 Å². The third-order valence-corrected chi connectivity index (χ3v) is 3.06. The average molecular weight is 264 g/mol. The molecule has 0 bridgehead atoms. The van der Waals surface area contributed by atoms with E-state index >= 15 is 0 Å². The first-order valence-corrected chi connectivity index (χ1v) is 6.60. The van der Waals surface area contributed by atoms with Gasteiger partial charge < -0.3 is 5.32 Å². The van der Waals surface area contributed by atoms with Gasteiger partial charge in [0.1, 0.15) is 0 Å². The smallest absolute Gasteiger partial charge is 0.273 e. The van der Waals surface area contributed by atoms with Crippen molar-refractivity contribution in [3.63, 3.8) is 0 Å². The maximum absolute atomic E-state index is 11.9. The van der Waals surface area contributed by atoms with E-state index in [4.69, 9.17) is 0 Å². The van der Waals surface area contributed by atoms with Crippen molar-refractivity contribution in [3.05, 3.63) is 39.4 Å². The van der Waals surface area contributed by atoms with E-state index in [1.54, 1.807) is 13.0 Å². The van der Waals surface area contributed by atoms with Crippen molar-refractivity contribution >= 4 is 11.6 Å². The summed E-state index contributed by atoms with van der Waals surface area (Å²) in [7, 11) is 0. The van der Waals surface area contributed by atoms with E-state index in [-0.39, 0.29) is 11.6 Å². The number of hydrogen-bond donors (Lipinski definition) is 1. The van der Waals surface area contributed by atoms with Crippen LogP contribution in [0.2, 0.25) is 0 Å². The molecule has 0 saturated carbocycles. The van der Waals surface area contributed by atoms with E-state index in [2.05, 4.69) is 12.2 Å². The molecule has 104 valence electrons. The quantitative estimate of drug-likeness (QED) is 0.467. The molecule has 0 atom stereocenters. The Morgan fingerprint density at radius 3 is 2.68 bits per heavy atom. The van der Waals surface area contributed by atoms with Gasteiger partial charge in [-0.1, -0.05) is 32.3 Å². The fourth-order valence-corrected chi connectivity index (χ4v) is 1.92. The summed E-state index contributed by atoms with van der Waals surface area (Å²) >= 11 is 0. The predicted molar refractivity (Wildman–Crippen MR) is 74.3 cm³/mol. The van der Waals surface area contributed by atoms with Crippen molar-refractivity contribution < 1.29 is 9.72 Å². The first-order valence-electron chi connectivity index (χ1n) is 6.60. The fourth-order valence-electron chi connectivity index (χ4n) is 1.92. The fraction of sp³-hybridized carbons (Fsp3) is 0.500. The van der Waals surface area contributed by atoms with Crippen LogP contribution in [0.1, 0.15) is 48.5 Å². The van der Waals surface area contributed by atoms with Crippen molar-refractivity contribution in [2.75, 3.05) is 6.54 Å². The molecular weight excluding hydrogens is 244 g/mol. The Hall–Kier alpha value is -1.91. The highest BCUT2D eigenvalue weighted by molar-refractivity contribution is 5.96. The lowest BCUT2D eigenvalue weighted by molar-refractivity contribution is -0.385. The van der Waals surface area contributed by atoms with Crippen LogP contribution in [0, 0.1) is 17.0 Å². The van der Waals surface area contributed by atoms with E-state index < -0.39 is 4.92 Å². The molecule has 1 amide bonds. The third kappa shape index (κ3) is 4.35. The molecule has 1 N–H and O–H groups in total. The zero-order valence-corrected chi connectivity index (χ0v) is 11.4. The average Bonchev–Trinajstić information content (AvgIpc) is 2.38. The highest BCUT2D eigenvalue weighted by Crippen LogP contribution is 2.20. The van der Waals surface area contributed by atoms with Crippen LogP contribution in [0.25, 0.3) is 0 Å². The van der Waals surface area contributed by atoms with Gasteiger partial charge in [-0.05, 0) is 19.4 Å². The van der Waals surface area contributed by atoms with Crippen molar-refractivity contribution in [2.45, 2.75) is 39.5 Å². The number of amides is 1. The van der Waals surface area contributed by atoms with Crippen molar-refractivity contribution in [1.82, 2.24) is 5.32 Å². The van der Waals surface area contributed by atoms with Gasteiger partial charge in [-0.25, -0.2) is 0 Å². The van der Waals surface area contributed by atoms with E-state index in [0.29, 0.717) is 17.7 Å². The number of nitrogens with zero attached hydrogens (tertiary/aromatic N) is 1. The van der Waals surface area contributed by atoms with E-state index in [1.807, 2.05) is 0 Å². The van der Waals surface area contributed by atoms with Gasteiger partial charge in [0, 0.05) is 23.7 Å². The summed E-state index contributed by atoms with van der Waals surface area (Å²) in [6.07, 6.45) is 4.34. The normalized spacial score (nSPS) is 10.2. The van der Waals surface area contributed by atoms with Crippen molar-refractivity contribution in [1.29, 1.82) is 0 Å². The molecule has 1 aromatic carbocycles. The molecule has 0 radical (unpaired) electrons. The van der Waals surface area contributed by atoms with Crippen LogP contribution in [-0.4, -0.2) is 17.4 Å². The minimum absolute atomic E-state index is 0.0152. The second-order valence-electron chi connectivity index (χ2n) is 4.52. The van der Waals surface area contributed by atoms with Crippen LogP contribution in [-0.2, 0) is 0 Å². The van der Waals surface area contributed by atoms with Gasteiger partial charge in [-0.3, -0.25) is 14.9 Å². The topological polar surface area (TPSA) is 72.2 Å². The van der Waals surface area contributed by atoms with Crippen molar-refractivity contribution in [2.24, 2.45) is 0 Å². The van der Waals surface area contributed by atoms with Gasteiger partial charge in [0.2, 0.25) is 0 Å². The molecule has 5 nitrogen and oxygen atoms in total. The number of carbonyl (C=O) groups excluding carboxylic acids is 1. The molecular formula is C14H20N2O3. The Morgan fingerprint density at radius 1 is 1.32 bits per heavy atom. The van der Waals surface area contributed by atoms with E-state index in [0.717, 1.165) is 25.7 Å².